The highest BCUT2D eigenvalue weighted by Crippen LogP contribution is 2.23. The number of hydrogen-bond donors (Lipinski definition) is 1. The molecule has 0 bridgehead atoms. The summed E-state index contributed by atoms with van der Waals surface area (Å²) in [6, 6.07) is 4.06. The predicted octanol–water partition coefficient (Wildman–Crippen LogP) is 3.72. The molecule has 108 valence electrons. The van der Waals surface area contributed by atoms with E-state index in [9.17, 15) is 0 Å². The second-order valence-electron chi connectivity index (χ2n) is 4.65. The van der Waals surface area contributed by atoms with E-state index >= 15 is 0 Å². The highest BCUT2D eigenvalue weighted by molar-refractivity contribution is 9.10. The van der Waals surface area contributed by atoms with Crippen molar-refractivity contribution in [2.75, 3.05) is 5.32 Å². The molecule has 0 saturated carbocycles. The minimum atomic E-state index is 0.716. The van der Waals surface area contributed by atoms with Gasteiger partial charge in [0.1, 0.15) is 5.82 Å². The van der Waals surface area contributed by atoms with Gasteiger partial charge in [0.05, 0.1) is 24.6 Å². The number of nitrogens with one attached hydrogen (secondary N) is 1. The van der Waals surface area contributed by atoms with Crippen molar-refractivity contribution in [2.45, 2.75) is 20.4 Å². The monoisotopic (exact) mass is 363 g/mol. The fraction of sp³-hybridized carbons (Fsp3) is 0.214. The van der Waals surface area contributed by atoms with E-state index < -0.39 is 0 Å². The van der Waals surface area contributed by atoms with Crippen molar-refractivity contribution >= 4 is 33.1 Å². The SMILES string of the molecule is Cc1cc(C)n(-c2cncc(NCc3sccc3Br)n2)n1. The number of aryl methyl sites for hydroxylation is 2. The summed E-state index contributed by atoms with van der Waals surface area (Å²) in [6.07, 6.45) is 3.43. The zero-order chi connectivity index (χ0) is 14.8. The molecule has 3 aromatic heterocycles. The molecule has 5 nitrogen and oxygen atoms in total. The minimum Gasteiger partial charge on any atom is -0.364 e. The Labute approximate surface area is 135 Å². The Morgan fingerprint density at radius 1 is 1.33 bits per heavy atom. The Bertz CT molecular complexity index is 764. The third kappa shape index (κ3) is 3.14. The molecule has 0 fully saturated rings. The molecule has 7 heteroatoms. The van der Waals surface area contributed by atoms with Gasteiger partial charge < -0.3 is 5.32 Å². The normalized spacial score (nSPS) is 10.8. The lowest BCUT2D eigenvalue weighted by Crippen LogP contribution is -2.06. The molecule has 1 N–H and O–H groups in total. The van der Waals surface area contributed by atoms with E-state index in [1.807, 2.05) is 26.0 Å². The molecule has 3 aromatic rings. The highest BCUT2D eigenvalue weighted by Gasteiger charge is 2.07. The lowest BCUT2D eigenvalue weighted by Gasteiger charge is -2.07. The van der Waals surface area contributed by atoms with Gasteiger partial charge in [0, 0.05) is 15.0 Å². The van der Waals surface area contributed by atoms with Gasteiger partial charge in [-0.2, -0.15) is 5.10 Å². The largest absolute Gasteiger partial charge is 0.364 e. The van der Waals surface area contributed by atoms with E-state index in [2.05, 4.69) is 41.7 Å². The quantitative estimate of drug-likeness (QED) is 0.767. The van der Waals surface area contributed by atoms with Crippen LogP contribution >= 0.6 is 27.3 Å². The van der Waals surface area contributed by atoms with Crippen molar-refractivity contribution in [1.29, 1.82) is 0 Å². The van der Waals surface area contributed by atoms with Crippen LogP contribution in [0, 0.1) is 13.8 Å². The number of nitrogens with zero attached hydrogens (tertiary/aromatic N) is 4. The van der Waals surface area contributed by atoms with Crippen molar-refractivity contribution in [3.05, 3.63) is 50.6 Å². The second-order valence-corrected chi connectivity index (χ2v) is 6.50. The maximum Gasteiger partial charge on any atom is 0.174 e. The van der Waals surface area contributed by atoms with Crippen molar-refractivity contribution in [2.24, 2.45) is 0 Å². The van der Waals surface area contributed by atoms with Gasteiger partial charge in [-0.15, -0.1) is 11.3 Å². The number of rotatable bonds is 4. The Hall–Kier alpha value is -1.73. The number of halogens is 1. The Morgan fingerprint density at radius 3 is 2.86 bits per heavy atom. The first-order valence-corrected chi connectivity index (χ1v) is 8.12. The van der Waals surface area contributed by atoms with Gasteiger partial charge >= 0.3 is 0 Å². The molecule has 21 heavy (non-hydrogen) atoms. The molecule has 0 amide bonds. The summed E-state index contributed by atoms with van der Waals surface area (Å²) in [4.78, 5) is 10.0. The first-order chi connectivity index (χ1) is 10.1. The van der Waals surface area contributed by atoms with Crippen LogP contribution in [-0.4, -0.2) is 19.7 Å². The van der Waals surface area contributed by atoms with Gasteiger partial charge in [0.15, 0.2) is 5.82 Å². The fourth-order valence-corrected chi connectivity index (χ4v) is 3.46. The third-order valence-corrected chi connectivity index (χ3v) is 4.90. The standard InChI is InChI=1S/C14H14BrN5S/c1-9-5-10(2)20(19-9)14-8-16-7-13(18-14)17-6-12-11(15)3-4-21-12/h3-5,7-8H,6H2,1-2H3,(H,17,18). The van der Waals surface area contributed by atoms with Crippen molar-refractivity contribution in [3.8, 4) is 5.82 Å². The van der Waals surface area contributed by atoms with Gasteiger partial charge in [-0.1, -0.05) is 0 Å². The van der Waals surface area contributed by atoms with Crippen LogP contribution in [0.5, 0.6) is 0 Å². The Kier molecular flexibility index (Phi) is 4.03. The first kappa shape index (κ1) is 14.2. The number of hydrogen-bond acceptors (Lipinski definition) is 5. The average molecular weight is 364 g/mol. The van der Waals surface area contributed by atoms with Crippen molar-refractivity contribution in [3.63, 3.8) is 0 Å². The maximum atomic E-state index is 4.56. The van der Waals surface area contributed by atoms with Crippen LogP contribution in [0.4, 0.5) is 5.82 Å². The molecule has 0 saturated heterocycles. The van der Waals surface area contributed by atoms with E-state index in [1.165, 1.54) is 4.88 Å². The van der Waals surface area contributed by atoms with Crippen LogP contribution in [0.15, 0.2) is 34.4 Å². The van der Waals surface area contributed by atoms with Gasteiger partial charge in [0.2, 0.25) is 0 Å². The van der Waals surface area contributed by atoms with Crippen LogP contribution < -0.4 is 5.32 Å². The van der Waals surface area contributed by atoms with Crippen molar-refractivity contribution < 1.29 is 0 Å². The Balaban J connectivity index is 1.80. The maximum absolute atomic E-state index is 4.56. The van der Waals surface area contributed by atoms with Crippen LogP contribution in [-0.2, 0) is 6.54 Å². The van der Waals surface area contributed by atoms with Gasteiger partial charge in [-0.25, -0.2) is 9.67 Å². The minimum absolute atomic E-state index is 0.716. The van der Waals surface area contributed by atoms with Crippen molar-refractivity contribution in [1.82, 2.24) is 19.7 Å². The molecule has 0 aliphatic heterocycles. The molecule has 0 spiro atoms. The number of aromatic nitrogens is 4. The lowest BCUT2D eigenvalue weighted by atomic mass is 10.4. The molecule has 0 radical (unpaired) electrons. The van der Waals surface area contributed by atoms with Crippen LogP contribution in [0.2, 0.25) is 0 Å². The molecule has 0 aliphatic rings. The number of anilines is 1. The lowest BCUT2D eigenvalue weighted by molar-refractivity contribution is 0.799. The second kappa shape index (κ2) is 5.95. The molecular formula is C14H14BrN5S. The van der Waals surface area contributed by atoms with Gasteiger partial charge in [-0.05, 0) is 47.3 Å². The van der Waals surface area contributed by atoms with Crippen LogP contribution in [0.1, 0.15) is 16.3 Å². The van der Waals surface area contributed by atoms with E-state index in [1.54, 1.807) is 28.4 Å². The fourth-order valence-electron chi connectivity index (χ4n) is 2.03. The van der Waals surface area contributed by atoms with E-state index in [0.29, 0.717) is 6.54 Å². The molecule has 0 atom stereocenters. The Morgan fingerprint density at radius 2 is 2.19 bits per heavy atom. The van der Waals surface area contributed by atoms with Gasteiger partial charge in [0.25, 0.3) is 0 Å². The molecule has 3 rings (SSSR count). The summed E-state index contributed by atoms with van der Waals surface area (Å²) in [6.45, 7) is 4.69. The van der Waals surface area contributed by atoms with E-state index in [0.717, 1.165) is 27.5 Å². The summed E-state index contributed by atoms with van der Waals surface area (Å²) in [5.41, 5.74) is 2.01. The van der Waals surface area contributed by atoms with Crippen LogP contribution in [0.25, 0.3) is 5.82 Å². The van der Waals surface area contributed by atoms with Crippen LogP contribution in [0.3, 0.4) is 0 Å². The zero-order valence-corrected chi connectivity index (χ0v) is 14.1. The molecule has 3 heterocycles. The van der Waals surface area contributed by atoms with E-state index in [-0.39, 0.29) is 0 Å². The first-order valence-electron chi connectivity index (χ1n) is 6.45. The summed E-state index contributed by atoms with van der Waals surface area (Å²) < 4.78 is 2.91. The zero-order valence-electron chi connectivity index (χ0n) is 11.7. The predicted molar refractivity (Wildman–Crippen MR) is 88.0 cm³/mol. The smallest absolute Gasteiger partial charge is 0.174 e. The molecule has 0 unspecified atom stereocenters. The number of thiophene rings is 1. The average Bonchev–Trinajstić information content (AvgIpc) is 3.02. The molecular weight excluding hydrogens is 350 g/mol. The third-order valence-electron chi connectivity index (χ3n) is 2.97. The molecule has 0 aromatic carbocycles. The van der Waals surface area contributed by atoms with E-state index in [4.69, 9.17) is 0 Å². The summed E-state index contributed by atoms with van der Waals surface area (Å²) in [5, 5.41) is 9.77. The summed E-state index contributed by atoms with van der Waals surface area (Å²) >= 11 is 5.22. The topological polar surface area (TPSA) is 55.6 Å². The summed E-state index contributed by atoms with van der Waals surface area (Å²) in [7, 11) is 0. The molecule has 0 aliphatic carbocycles. The highest BCUT2D eigenvalue weighted by atomic mass is 79.9. The summed E-state index contributed by atoms with van der Waals surface area (Å²) in [5.74, 6) is 1.45. The van der Waals surface area contributed by atoms with Gasteiger partial charge in [-0.3, -0.25) is 4.98 Å².